The maximum Gasteiger partial charge on any atom is 0.145 e. The summed E-state index contributed by atoms with van der Waals surface area (Å²) in [5.41, 5.74) is 23.7. The second-order valence-corrected chi connectivity index (χ2v) is 7.26. The van der Waals surface area contributed by atoms with Crippen LogP contribution in [-0.4, -0.2) is 19.6 Å². The summed E-state index contributed by atoms with van der Waals surface area (Å²) in [6.45, 7) is 12.2. The number of nitrogens with zero attached hydrogens (tertiary/aromatic N) is 4. The quantitative estimate of drug-likeness (QED) is 0.679. The molecule has 8 N–H and O–H groups in total. The van der Waals surface area contributed by atoms with Crippen LogP contribution in [0.4, 0.5) is 23.0 Å². The molecule has 0 saturated heterocycles. The second kappa shape index (κ2) is 7.26. The van der Waals surface area contributed by atoms with Gasteiger partial charge in [-0.25, -0.2) is 9.36 Å². The van der Waals surface area contributed by atoms with Crippen molar-refractivity contribution >= 4 is 23.0 Å². The van der Waals surface area contributed by atoms with Crippen LogP contribution in [0.25, 0.3) is 0 Å². The van der Waals surface area contributed by atoms with Crippen LogP contribution in [0.2, 0.25) is 0 Å². The smallest absolute Gasteiger partial charge is 0.145 e. The Morgan fingerprint density at radius 3 is 1.65 bits per heavy atom. The van der Waals surface area contributed by atoms with Gasteiger partial charge in [-0.3, -0.25) is 0 Å². The van der Waals surface area contributed by atoms with E-state index in [1.807, 2.05) is 0 Å². The number of nitrogen functional groups attached to an aromatic ring is 4. The minimum absolute atomic E-state index is 0.173. The van der Waals surface area contributed by atoms with Gasteiger partial charge >= 0.3 is 0 Å². The molecule has 0 amide bonds. The van der Waals surface area contributed by atoms with Crippen LogP contribution in [0.1, 0.15) is 34.6 Å². The molecule has 0 saturated carbocycles. The molecule has 0 aliphatic heterocycles. The molecule has 0 aliphatic carbocycles. The molecule has 2 rings (SSSR count). The summed E-state index contributed by atoms with van der Waals surface area (Å²) in [5.74, 6) is 1.67. The Kier molecular flexibility index (Phi) is 5.89. The minimum atomic E-state index is 0.173. The normalized spacial score (nSPS) is 11.4. The highest BCUT2D eigenvalue weighted by Crippen LogP contribution is 2.20. The van der Waals surface area contributed by atoms with Gasteiger partial charge in [-0.05, 0) is 11.3 Å². The number of hydrogen-bond acceptors (Lipinski definition) is 6. The Morgan fingerprint density at radius 1 is 0.913 bits per heavy atom. The highest BCUT2D eigenvalue weighted by molar-refractivity contribution is 5.57. The van der Waals surface area contributed by atoms with E-state index in [4.69, 9.17) is 22.9 Å². The molecule has 0 fully saturated rings. The molecule has 0 radical (unpaired) electrons. The topological polar surface area (TPSA) is 140 Å². The summed E-state index contributed by atoms with van der Waals surface area (Å²) in [5, 5.41) is 8.09. The molecule has 8 nitrogen and oxygen atoms in total. The molecule has 0 spiro atoms. The zero-order valence-corrected chi connectivity index (χ0v) is 14.7. The first-order chi connectivity index (χ1) is 10.5. The van der Waals surface area contributed by atoms with Crippen molar-refractivity contribution in [2.45, 2.75) is 47.7 Å². The first-order valence-corrected chi connectivity index (χ1v) is 7.64. The molecule has 130 valence electrons. The van der Waals surface area contributed by atoms with Gasteiger partial charge in [0, 0.05) is 13.1 Å². The van der Waals surface area contributed by atoms with E-state index in [0.29, 0.717) is 28.9 Å². The largest absolute Gasteiger partial charge is 0.394 e. The SMILES string of the molecule is CC(C)(C)Cn1ncc(N)c1N.CC(C)Cn1ncc(N)c1N. The summed E-state index contributed by atoms with van der Waals surface area (Å²) >= 11 is 0. The maximum atomic E-state index is 5.69. The molecule has 0 bridgehead atoms. The molecule has 2 aromatic heterocycles. The van der Waals surface area contributed by atoms with Crippen LogP contribution in [-0.2, 0) is 13.1 Å². The molecule has 0 unspecified atom stereocenters. The number of rotatable bonds is 3. The van der Waals surface area contributed by atoms with Crippen LogP contribution in [0.3, 0.4) is 0 Å². The van der Waals surface area contributed by atoms with E-state index in [9.17, 15) is 0 Å². The Bertz CT molecular complexity index is 618. The van der Waals surface area contributed by atoms with Crippen molar-refractivity contribution in [1.29, 1.82) is 0 Å². The van der Waals surface area contributed by atoms with Crippen molar-refractivity contribution in [3.05, 3.63) is 12.4 Å². The van der Waals surface area contributed by atoms with E-state index in [1.54, 1.807) is 21.8 Å². The molecular weight excluding hydrogens is 292 g/mol. The molecule has 23 heavy (non-hydrogen) atoms. The lowest BCUT2D eigenvalue weighted by Gasteiger charge is -2.18. The first-order valence-electron chi connectivity index (χ1n) is 7.64. The third-order valence-electron chi connectivity index (χ3n) is 2.98. The van der Waals surface area contributed by atoms with Gasteiger partial charge in [0.15, 0.2) is 0 Å². The summed E-state index contributed by atoms with van der Waals surface area (Å²) in [4.78, 5) is 0. The van der Waals surface area contributed by atoms with Crippen LogP contribution in [0.5, 0.6) is 0 Å². The average Bonchev–Trinajstić information content (AvgIpc) is 2.88. The Balaban J connectivity index is 0.000000231. The monoisotopic (exact) mass is 322 g/mol. The second-order valence-electron chi connectivity index (χ2n) is 7.26. The number of hydrogen-bond donors (Lipinski definition) is 4. The Morgan fingerprint density at radius 2 is 1.35 bits per heavy atom. The molecular formula is C15H30N8. The van der Waals surface area contributed by atoms with E-state index >= 15 is 0 Å². The highest BCUT2D eigenvalue weighted by Gasteiger charge is 2.14. The average molecular weight is 322 g/mol. The van der Waals surface area contributed by atoms with E-state index in [-0.39, 0.29) is 5.41 Å². The fourth-order valence-electron chi connectivity index (χ4n) is 1.89. The number of aromatic nitrogens is 4. The van der Waals surface area contributed by atoms with Crippen molar-refractivity contribution < 1.29 is 0 Å². The van der Waals surface area contributed by atoms with Gasteiger partial charge in [0.1, 0.15) is 11.6 Å². The molecule has 2 heterocycles. The third kappa shape index (κ3) is 5.72. The molecule has 0 aliphatic rings. The van der Waals surface area contributed by atoms with E-state index in [2.05, 4.69) is 44.8 Å². The lowest BCUT2D eigenvalue weighted by atomic mass is 9.97. The lowest BCUT2D eigenvalue weighted by Crippen LogP contribution is -2.18. The predicted molar refractivity (Wildman–Crippen MR) is 96.4 cm³/mol. The van der Waals surface area contributed by atoms with E-state index in [1.165, 1.54) is 0 Å². The molecule has 0 aromatic carbocycles. The third-order valence-corrected chi connectivity index (χ3v) is 2.98. The zero-order valence-electron chi connectivity index (χ0n) is 14.7. The highest BCUT2D eigenvalue weighted by atomic mass is 15.3. The van der Waals surface area contributed by atoms with Gasteiger partial charge in [-0.15, -0.1) is 0 Å². The van der Waals surface area contributed by atoms with Crippen LogP contribution in [0.15, 0.2) is 12.4 Å². The van der Waals surface area contributed by atoms with Gasteiger partial charge < -0.3 is 22.9 Å². The summed E-state index contributed by atoms with van der Waals surface area (Å²) in [6.07, 6.45) is 3.17. The Labute approximate surface area is 137 Å². The first kappa shape index (κ1) is 18.7. The van der Waals surface area contributed by atoms with Crippen LogP contribution in [0, 0.1) is 11.3 Å². The van der Waals surface area contributed by atoms with Crippen LogP contribution < -0.4 is 22.9 Å². The van der Waals surface area contributed by atoms with E-state index in [0.717, 1.165) is 13.1 Å². The molecule has 2 aromatic rings. The van der Waals surface area contributed by atoms with Gasteiger partial charge in [0.2, 0.25) is 0 Å². The van der Waals surface area contributed by atoms with Crippen molar-refractivity contribution in [3.8, 4) is 0 Å². The predicted octanol–water partition coefficient (Wildman–Crippen LogP) is 1.80. The zero-order chi connectivity index (χ0) is 17.8. The van der Waals surface area contributed by atoms with Crippen molar-refractivity contribution in [2.24, 2.45) is 11.3 Å². The number of anilines is 4. The lowest BCUT2D eigenvalue weighted by molar-refractivity contribution is 0.328. The maximum absolute atomic E-state index is 5.69. The fourth-order valence-corrected chi connectivity index (χ4v) is 1.89. The van der Waals surface area contributed by atoms with Crippen LogP contribution >= 0.6 is 0 Å². The van der Waals surface area contributed by atoms with Gasteiger partial charge in [0.05, 0.1) is 23.8 Å². The van der Waals surface area contributed by atoms with Gasteiger partial charge in [-0.2, -0.15) is 10.2 Å². The Hall–Kier alpha value is -2.38. The van der Waals surface area contributed by atoms with Gasteiger partial charge in [0.25, 0.3) is 0 Å². The van der Waals surface area contributed by atoms with Gasteiger partial charge in [-0.1, -0.05) is 34.6 Å². The number of nitrogens with two attached hydrogens (primary N) is 4. The minimum Gasteiger partial charge on any atom is -0.394 e. The summed E-state index contributed by atoms with van der Waals surface area (Å²) < 4.78 is 3.45. The molecule has 8 heteroatoms. The molecule has 0 atom stereocenters. The van der Waals surface area contributed by atoms with Crippen molar-refractivity contribution in [2.75, 3.05) is 22.9 Å². The van der Waals surface area contributed by atoms with E-state index < -0.39 is 0 Å². The summed E-state index contributed by atoms with van der Waals surface area (Å²) in [6, 6.07) is 0. The van der Waals surface area contributed by atoms with Crippen molar-refractivity contribution in [1.82, 2.24) is 19.6 Å². The standard InChI is InChI=1S/C8H16N4.C7H14N4/c1-8(2,3)5-12-7(10)6(9)4-11-12;1-5(2)4-11-7(9)6(8)3-10-11/h4H,5,9-10H2,1-3H3;3,5H,4,8-9H2,1-2H3. The summed E-state index contributed by atoms with van der Waals surface area (Å²) in [7, 11) is 0. The fraction of sp³-hybridized carbons (Fsp3) is 0.600. The van der Waals surface area contributed by atoms with Crippen molar-refractivity contribution in [3.63, 3.8) is 0 Å².